The molecule has 1 heterocycles. The Hall–Kier alpha value is -2.87. The number of rotatable bonds is 3. The van der Waals surface area contributed by atoms with Crippen LogP contribution in [0.15, 0.2) is 42.6 Å². The second kappa shape index (κ2) is 4.97. The van der Waals surface area contributed by atoms with Gasteiger partial charge in [0.2, 0.25) is 5.91 Å². The molecule has 0 saturated carbocycles. The van der Waals surface area contributed by atoms with Crippen LogP contribution in [0.1, 0.15) is 15.9 Å². The summed E-state index contributed by atoms with van der Waals surface area (Å²) < 4.78 is 0. The van der Waals surface area contributed by atoms with E-state index in [-0.39, 0.29) is 0 Å². The molecule has 0 saturated heterocycles. The van der Waals surface area contributed by atoms with Gasteiger partial charge in [-0.1, -0.05) is 6.07 Å². The van der Waals surface area contributed by atoms with Crippen LogP contribution >= 0.6 is 0 Å². The molecule has 0 fully saturated rings. The fourth-order valence-corrected chi connectivity index (χ4v) is 1.43. The number of anilines is 2. The summed E-state index contributed by atoms with van der Waals surface area (Å²) in [5, 5.41) is 11.7. The Labute approximate surface area is 104 Å². The molecule has 0 radical (unpaired) electrons. The minimum atomic E-state index is -0.480. The smallest absolute Gasteiger partial charge is 0.248 e. The van der Waals surface area contributed by atoms with Crippen LogP contribution in [-0.4, -0.2) is 10.9 Å². The van der Waals surface area contributed by atoms with Crippen LogP contribution in [0.5, 0.6) is 0 Å². The highest BCUT2D eigenvalue weighted by atomic mass is 16.1. The summed E-state index contributed by atoms with van der Waals surface area (Å²) in [4.78, 5) is 15.1. The monoisotopic (exact) mass is 238 g/mol. The van der Waals surface area contributed by atoms with Crippen LogP contribution in [0.2, 0.25) is 0 Å². The number of nitriles is 1. The van der Waals surface area contributed by atoms with Crippen molar-refractivity contribution in [2.45, 2.75) is 0 Å². The second-order valence-corrected chi connectivity index (χ2v) is 3.61. The zero-order valence-electron chi connectivity index (χ0n) is 9.42. The fraction of sp³-hybridized carbons (Fsp3) is 0. The summed E-state index contributed by atoms with van der Waals surface area (Å²) in [6.07, 6.45) is 1.47. The van der Waals surface area contributed by atoms with Gasteiger partial charge in [-0.15, -0.1) is 0 Å². The maximum absolute atomic E-state index is 11.0. The van der Waals surface area contributed by atoms with Gasteiger partial charge in [0.15, 0.2) is 0 Å². The Kier molecular flexibility index (Phi) is 3.21. The summed E-state index contributed by atoms with van der Waals surface area (Å²) in [6, 6.07) is 12.1. The van der Waals surface area contributed by atoms with E-state index >= 15 is 0 Å². The number of primary amides is 1. The molecule has 0 unspecified atom stereocenters. The molecule has 5 heteroatoms. The Bertz CT molecular complexity index is 614. The molecular weight excluding hydrogens is 228 g/mol. The van der Waals surface area contributed by atoms with Crippen LogP contribution in [-0.2, 0) is 0 Å². The Morgan fingerprint density at radius 3 is 2.78 bits per heavy atom. The third kappa shape index (κ3) is 2.62. The number of carbonyl (C=O) groups is 1. The minimum absolute atomic E-state index is 0.425. The second-order valence-electron chi connectivity index (χ2n) is 3.61. The van der Waals surface area contributed by atoms with E-state index in [1.165, 1.54) is 6.20 Å². The average Bonchev–Trinajstić information content (AvgIpc) is 2.40. The van der Waals surface area contributed by atoms with Gasteiger partial charge in [-0.3, -0.25) is 4.79 Å². The van der Waals surface area contributed by atoms with Crippen molar-refractivity contribution in [3.8, 4) is 6.07 Å². The SMILES string of the molecule is N#Cc1ccc(Nc2cccc(C(N)=O)c2)nc1. The normalized spacial score (nSPS) is 9.50. The van der Waals surface area contributed by atoms with E-state index in [1.807, 2.05) is 6.07 Å². The van der Waals surface area contributed by atoms with Gasteiger partial charge in [0.1, 0.15) is 11.9 Å². The van der Waals surface area contributed by atoms with Crippen LogP contribution in [0, 0.1) is 11.3 Å². The van der Waals surface area contributed by atoms with Crippen LogP contribution in [0.25, 0.3) is 0 Å². The molecule has 0 aliphatic rings. The van der Waals surface area contributed by atoms with Crippen molar-refractivity contribution in [1.29, 1.82) is 5.26 Å². The van der Waals surface area contributed by atoms with E-state index in [1.54, 1.807) is 36.4 Å². The number of amides is 1. The van der Waals surface area contributed by atoms with Crippen molar-refractivity contribution in [3.63, 3.8) is 0 Å². The molecule has 0 aliphatic heterocycles. The van der Waals surface area contributed by atoms with Crippen LogP contribution < -0.4 is 11.1 Å². The first-order valence-corrected chi connectivity index (χ1v) is 5.22. The summed E-state index contributed by atoms with van der Waals surface area (Å²) in [5.74, 6) is 0.113. The number of pyridine rings is 1. The molecule has 88 valence electrons. The fourth-order valence-electron chi connectivity index (χ4n) is 1.43. The van der Waals surface area contributed by atoms with Gasteiger partial charge in [-0.2, -0.15) is 5.26 Å². The highest BCUT2D eigenvalue weighted by Crippen LogP contribution is 2.15. The zero-order chi connectivity index (χ0) is 13.0. The van der Waals surface area contributed by atoms with Gasteiger partial charge in [0.05, 0.1) is 5.56 Å². The lowest BCUT2D eigenvalue weighted by molar-refractivity contribution is 0.100. The van der Waals surface area contributed by atoms with Crippen molar-refractivity contribution in [1.82, 2.24) is 4.98 Å². The van der Waals surface area contributed by atoms with Gasteiger partial charge in [0, 0.05) is 17.4 Å². The van der Waals surface area contributed by atoms with Crippen molar-refractivity contribution >= 4 is 17.4 Å². The van der Waals surface area contributed by atoms with E-state index in [4.69, 9.17) is 11.0 Å². The third-order valence-corrected chi connectivity index (χ3v) is 2.31. The third-order valence-electron chi connectivity index (χ3n) is 2.31. The lowest BCUT2D eigenvalue weighted by Gasteiger charge is -2.06. The molecule has 2 rings (SSSR count). The first kappa shape index (κ1) is 11.6. The van der Waals surface area contributed by atoms with E-state index in [0.29, 0.717) is 22.6 Å². The van der Waals surface area contributed by atoms with Crippen molar-refractivity contribution in [2.24, 2.45) is 5.73 Å². The summed E-state index contributed by atoms with van der Waals surface area (Å²) in [7, 11) is 0. The molecule has 1 aromatic heterocycles. The molecule has 0 spiro atoms. The zero-order valence-corrected chi connectivity index (χ0v) is 9.42. The number of hydrogen-bond donors (Lipinski definition) is 2. The Morgan fingerprint density at radius 2 is 2.17 bits per heavy atom. The van der Waals surface area contributed by atoms with E-state index in [9.17, 15) is 4.79 Å². The highest BCUT2D eigenvalue weighted by molar-refractivity contribution is 5.93. The van der Waals surface area contributed by atoms with E-state index < -0.39 is 5.91 Å². The number of nitrogens with two attached hydrogens (primary N) is 1. The Balaban J connectivity index is 2.20. The van der Waals surface area contributed by atoms with Gasteiger partial charge in [0.25, 0.3) is 0 Å². The molecule has 0 bridgehead atoms. The maximum Gasteiger partial charge on any atom is 0.248 e. The number of benzene rings is 1. The summed E-state index contributed by atoms with van der Waals surface area (Å²) in [5.41, 5.74) is 6.82. The number of nitrogens with one attached hydrogen (secondary N) is 1. The van der Waals surface area contributed by atoms with Gasteiger partial charge in [-0.05, 0) is 30.3 Å². The largest absolute Gasteiger partial charge is 0.366 e. The number of carbonyl (C=O) groups excluding carboxylic acids is 1. The minimum Gasteiger partial charge on any atom is -0.366 e. The van der Waals surface area contributed by atoms with Crippen molar-refractivity contribution in [2.75, 3.05) is 5.32 Å². The van der Waals surface area contributed by atoms with E-state index in [0.717, 1.165) is 0 Å². The first-order chi connectivity index (χ1) is 8.69. The summed E-state index contributed by atoms with van der Waals surface area (Å²) in [6.45, 7) is 0. The predicted molar refractivity (Wildman–Crippen MR) is 67.2 cm³/mol. The number of nitrogens with zero attached hydrogens (tertiary/aromatic N) is 2. The average molecular weight is 238 g/mol. The molecule has 3 N–H and O–H groups in total. The maximum atomic E-state index is 11.0. The van der Waals surface area contributed by atoms with Crippen LogP contribution in [0.3, 0.4) is 0 Å². The number of aromatic nitrogens is 1. The van der Waals surface area contributed by atoms with Gasteiger partial charge >= 0.3 is 0 Å². The molecule has 0 atom stereocenters. The highest BCUT2D eigenvalue weighted by Gasteiger charge is 2.02. The molecule has 2 aromatic rings. The lowest BCUT2D eigenvalue weighted by atomic mass is 10.2. The first-order valence-electron chi connectivity index (χ1n) is 5.22. The standard InChI is InChI=1S/C13H10N4O/c14-7-9-4-5-12(16-8-9)17-11-3-1-2-10(6-11)13(15)18/h1-6,8H,(H2,15,18)(H,16,17). The van der Waals surface area contributed by atoms with E-state index in [2.05, 4.69) is 10.3 Å². The van der Waals surface area contributed by atoms with Crippen molar-refractivity contribution in [3.05, 3.63) is 53.7 Å². The van der Waals surface area contributed by atoms with Crippen LogP contribution in [0.4, 0.5) is 11.5 Å². The van der Waals surface area contributed by atoms with Gasteiger partial charge < -0.3 is 11.1 Å². The summed E-state index contributed by atoms with van der Waals surface area (Å²) >= 11 is 0. The van der Waals surface area contributed by atoms with Crippen molar-refractivity contribution < 1.29 is 4.79 Å². The Morgan fingerprint density at radius 1 is 1.33 bits per heavy atom. The predicted octanol–water partition coefficient (Wildman–Crippen LogP) is 1.80. The quantitative estimate of drug-likeness (QED) is 0.852. The van der Waals surface area contributed by atoms with Gasteiger partial charge in [-0.25, -0.2) is 4.98 Å². The molecule has 1 aromatic carbocycles. The molecule has 0 aliphatic carbocycles. The number of hydrogen-bond acceptors (Lipinski definition) is 4. The molecule has 5 nitrogen and oxygen atoms in total. The molecular formula is C13H10N4O. The lowest BCUT2D eigenvalue weighted by Crippen LogP contribution is -2.10. The topological polar surface area (TPSA) is 91.8 Å². The molecule has 1 amide bonds. The molecule has 18 heavy (non-hydrogen) atoms.